The van der Waals surface area contributed by atoms with Gasteiger partial charge < -0.3 is 14.5 Å². The number of ether oxygens (including phenoxy) is 1. The molecule has 3 rings (SSSR count). The van der Waals surface area contributed by atoms with Gasteiger partial charge in [-0.25, -0.2) is 0 Å². The third-order valence-electron chi connectivity index (χ3n) is 7.60. The zero-order valence-electron chi connectivity index (χ0n) is 20.4. The topological polar surface area (TPSA) is 15.7 Å². The van der Waals surface area contributed by atoms with Crippen molar-refractivity contribution in [2.45, 2.75) is 91.2 Å². The summed E-state index contributed by atoms with van der Waals surface area (Å²) in [6.07, 6.45) is 11.2. The maximum absolute atomic E-state index is 5.91. The van der Waals surface area contributed by atoms with Crippen molar-refractivity contribution in [1.82, 2.24) is 9.80 Å². The van der Waals surface area contributed by atoms with Crippen LogP contribution >= 0.6 is 15.9 Å². The van der Waals surface area contributed by atoms with Crippen molar-refractivity contribution in [3.05, 3.63) is 28.2 Å². The van der Waals surface area contributed by atoms with Gasteiger partial charge in [0.2, 0.25) is 0 Å². The number of piperidine rings is 1. The van der Waals surface area contributed by atoms with E-state index in [0.29, 0.717) is 0 Å². The van der Waals surface area contributed by atoms with Crippen molar-refractivity contribution in [2.75, 3.05) is 32.7 Å². The summed E-state index contributed by atoms with van der Waals surface area (Å²) in [5.41, 5.74) is 1.40. The van der Waals surface area contributed by atoms with Crippen molar-refractivity contribution in [3.63, 3.8) is 0 Å². The smallest absolute Gasteiger partial charge is 0.120 e. The SMILES string of the molecule is CCN(CC)C1CCC(CCN2CCC(Cc3cc(OC(C)C)ccc3Br)CC2)CC1. The second-order valence-electron chi connectivity index (χ2n) is 10.1. The van der Waals surface area contributed by atoms with E-state index >= 15 is 0 Å². The van der Waals surface area contributed by atoms with E-state index in [1.54, 1.807) is 0 Å². The summed E-state index contributed by atoms with van der Waals surface area (Å²) in [6.45, 7) is 15.1. The number of hydrogen-bond donors (Lipinski definition) is 0. The van der Waals surface area contributed by atoms with Crippen LogP contribution in [-0.4, -0.2) is 54.7 Å². The lowest BCUT2D eigenvalue weighted by molar-refractivity contribution is 0.130. The molecule has 1 aliphatic heterocycles. The largest absolute Gasteiger partial charge is 0.491 e. The Morgan fingerprint density at radius 3 is 2.29 bits per heavy atom. The first-order valence-electron chi connectivity index (χ1n) is 12.9. The zero-order chi connectivity index (χ0) is 22.2. The fourth-order valence-electron chi connectivity index (χ4n) is 5.68. The van der Waals surface area contributed by atoms with E-state index in [1.165, 1.54) is 94.1 Å². The Hall–Kier alpha value is -0.580. The van der Waals surface area contributed by atoms with Crippen molar-refractivity contribution in [3.8, 4) is 5.75 Å². The van der Waals surface area contributed by atoms with Gasteiger partial charge in [0.25, 0.3) is 0 Å². The van der Waals surface area contributed by atoms with Gasteiger partial charge in [-0.15, -0.1) is 0 Å². The first-order valence-corrected chi connectivity index (χ1v) is 13.7. The van der Waals surface area contributed by atoms with Crippen LogP contribution in [0.2, 0.25) is 0 Å². The van der Waals surface area contributed by atoms with Crippen LogP contribution in [0, 0.1) is 11.8 Å². The van der Waals surface area contributed by atoms with E-state index in [9.17, 15) is 0 Å². The molecule has 3 nitrogen and oxygen atoms in total. The first-order chi connectivity index (χ1) is 15.0. The summed E-state index contributed by atoms with van der Waals surface area (Å²) in [7, 11) is 0. The molecule has 1 aromatic rings. The Morgan fingerprint density at radius 1 is 1.00 bits per heavy atom. The molecule has 0 atom stereocenters. The standard InChI is InChI=1S/C27H45BrN2O/c1-5-30(6-2)25-9-7-22(8-10-25)13-16-29-17-14-23(15-18-29)19-24-20-26(31-21(3)4)11-12-27(24)28/h11-12,20-23,25H,5-10,13-19H2,1-4H3. The fraction of sp³-hybridized carbons (Fsp3) is 0.778. The van der Waals surface area contributed by atoms with Crippen LogP contribution in [-0.2, 0) is 6.42 Å². The highest BCUT2D eigenvalue weighted by atomic mass is 79.9. The van der Waals surface area contributed by atoms with Crippen LogP contribution in [0.4, 0.5) is 0 Å². The van der Waals surface area contributed by atoms with Crippen molar-refractivity contribution < 1.29 is 4.74 Å². The van der Waals surface area contributed by atoms with E-state index < -0.39 is 0 Å². The fourth-order valence-corrected chi connectivity index (χ4v) is 6.09. The van der Waals surface area contributed by atoms with Gasteiger partial charge in [0.1, 0.15) is 5.75 Å². The Balaban J connectivity index is 1.37. The number of halogens is 1. The molecule has 0 radical (unpaired) electrons. The highest BCUT2D eigenvalue weighted by Crippen LogP contribution is 2.32. The van der Waals surface area contributed by atoms with E-state index in [0.717, 1.165) is 23.6 Å². The second kappa shape index (κ2) is 12.6. The maximum atomic E-state index is 5.91. The van der Waals surface area contributed by atoms with Gasteiger partial charge in [-0.05, 0) is 134 Å². The molecule has 2 aliphatic rings. The third-order valence-corrected chi connectivity index (χ3v) is 8.38. The van der Waals surface area contributed by atoms with Gasteiger partial charge >= 0.3 is 0 Å². The van der Waals surface area contributed by atoms with E-state index in [4.69, 9.17) is 4.74 Å². The van der Waals surface area contributed by atoms with Crippen molar-refractivity contribution in [1.29, 1.82) is 0 Å². The van der Waals surface area contributed by atoms with Gasteiger partial charge in [-0.1, -0.05) is 29.8 Å². The van der Waals surface area contributed by atoms with Crippen LogP contribution in [0.5, 0.6) is 5.75 Å². The Morgan fingerprint density at radius 2 is 1.68 bits per heavy atom. The van der Waals surface area contributed by atoms with Crippen LogP contribution in [0.3, 0.4) is 0 Å². The van der Waals surface area contributed by atoms with Gasteiger partial charge in [0, 0.05) is 10.5 Å². The van der Waals surface area contributed by atoms with E-state index in [-0.39, 0.29) is 6.10 Å². The molecule has 0 unspecified atom stereocenters. The van der Waals surface area contributed by atoms with Gasteiger partial charge in [0.15, 0.2) is 0 Å². The minimum Gasteiger partial charge on any atom is -0.491 e. The predicted molar refractivity (Wildman–Crippen MR) is 136 cm³/mol. The molecule has 0 aromatic heterocycles. The highest BCUT2D eigenvalue weighted by Gasteiger charge is 2.26. The predicted octanol–water partition coefficient (Wildman–Crippen LogP) is 6.78. The lowest BCUT2D eigenvalue weighted by Gasteiger charge is -2.37. The molecule has 0 spiro atoms. The Labute approximate surface area is 200 Å². The van der Waals surface area contributed by atoms with Gasteiger partial charge in [0.05, 0.1) is 6.10 Å². The lowest BCUT2D eigenvalue weighted by atomic mass is 9.83. The highest BCUT2D eigenvalue weighted by molar-refractivity contribution is 9.10. The summed E-state index contributed by atoms with van der Waals surface area (Å²) >= 11 is 3.76. The van der Waals surface area contributed by atoms with Crippen molar-refractivity contribution in [2.24, 2.45) is 11.8 Å². The second-order valence-corrected chi connectivity index (χ2v) is 10.9. The van der Waals surface area contributed by atoms with Crippen LogP contribution in [0.25, 0.3) is 0 Å². The lowest BCUT2D eigenvalue weighted by Crippen LogP contribution is -2.39. The van der Waals surface area contributed by atoms with E-state index in [2.05, 4.69) is 71.6 Å². The third kappa shape index (κ3) is 7.75. The summed E-state index contributed by atoms with van der Waals surface area (Å²) in [5.74, 6) is 2.76. The maximum Gasteiger partial charge on any atom is 0.120 e. The molecular formula is C27H45BrN2O. The molecule has 4 heteroatoms. The number of likely N-dealkylation sites (tertiary alicyclic amines) is 1. The Bertz CT molecular complexity index is 645. The molecule has 0 N–H and O–H groups in total. The van der Waals surface area contributed by atoms with Crippen LogP contribution in [0.15, 0.2) is 22.7 Å². The quantitative estimate of drug-likeness (QED) is 0.357. The normalized spacial score (nSPS) is 23.6. The van der Waals surface area contributed by atoms with Crippen LogP contribution in [0.1, 0.15) is 78.2 Å². The molecule has 1 saturated heterocycles. The number of nitrogens with zero attached hydrogens (tertiary/aromatic N) is 2. The number of hydrogen-bond acceptors (Lipinski definition) is 3. The average Bonchev–Trinajstić information content (AvgIpc) is 2.77. The van der Waals surface area contributed by atoms with E-state index in [1.807, 2.05) is 0 Å². The molecule has 1 saturated carbocycles. The van der Waals surface area contributed by atoms with Gasteiger partial charge in [-0.3, -0.25) is 0 Å². The molecular weight excluding hydrogens is 448 g/mol. The summed E-state index contributed by atoms with van der Waals surface area (Å²) in [5, 5.41) is 0. The zero-order valence-corrected chi connectivity index (χ0v) is 22.0. The molecule has 1 aromatic carbocycles. The number of benzene rings is 1. The number of rotatable bonds is 10. The molecule has 0 bridgehead atoms. The van der Waals surface area contributed by atoms with Crippen LogP contribution < -0.4 is 4.74 Å². The molecule has 2 fully saturated rings. The Kier molecular flexibility index (Phi) is 10.2. The van der Waals surface area contributed by atoms with Crippen molar-refractivity contribution >= 4 is 15.9 Å². The molecule has 176 valence electrons. The molecule has 1 aliphatic carbocycles. The molecule has 0 amide bonds. The van der Waals surface area contributed by atoms with Gasteiger partial charge in [-0.2, -0.15) is 0 Å². The first kappa shape index (κ1) is 25.1. The average molecular weight is 494 g/mol. The molecule has 1 heterocycles. The summed E-state index contributed by atoms with van der Waals surface area (Å²) in [4.78, 5) is 5.41. The monoisotopic (exact) mass is 492 g/mol. The molecule has 31 heavy (non-hydrogen) atoms. The minimum absolute atomic E-state index is 0.226. The summed E-state index contributed by atoms with van der Waals surface area (Å²) in [6, 6.07) is 7.32. The minimum atomic E-state index is 0.226. The summed E-state index contributed by atoms with van der Waals surface area (Å²) < 4.78 is 7.13.